The second-order valence-electron chi connectivity index (χ2n) is 6.02. The average molecular weight is 346 g/mol. The van der Waals surface area contributed by atoms with Crippen LogP contribution in [0.25, 0.3) is 11.0 Å². The van der Waals surface area contributed by atoms with E-state index in [-0.39, 0.29) is 11.5 Å². The molecule has 5 heteroatoms. The first-order valence-electron chi connectivity index (χ1n) is 8.43. The Morgan fingerprint density at radius 1 is 1.15 bits per heavy atom. The summed E-state index contributed by atoms with van der Waals surface area (Å²) in [6, 6.07) is 17.8. The third-order valence-electron chi connectivity index (χ3n) is 4.11. The van der Waals surface area contributed by atoms with Gasteiger partial charge in [0.05, 0.1) is 11.6 Å². The first-order chi connectivity index (χ1) is 12.6. The maximum atomic E-state index is 12.9. The Bertz CT molecular complexity index is 1030. The molecule has 1 aromatic heterocycles. The van der Waals surface area contributed by atoms with E-state index in [0.29, 0.717) is 29.6 Å². The Morgan fingerprint density at radius 2 is 1.88 bits per heavy atom. The van der Waals surface area contributed by atoms with Crippen molar-refractivity contribution in [1.82, 2.24) is 4.90 Å². The first-order valence-corrected chi connectivity index (χ1v) is 8.43. The van der Waals surface area contributed by atoms with Gasteiger partial charge in [0, 0.05) is 18.5 Å². The van der Waals surface area contributed by atoms with Crippen LogP contribution in [-0.4, -0.2) is 17.4 Å². The van der Waals surface area contributed by atoms with Crippen molar-refractivity contribution in [1.29, 1.82) is 5.26 Å². The van der Waals surface area contributed by atoms with Gasteiger partial charge in [0.15, 0.2) is 0 Å². The van der Waals surface area contributed by atoms with Crippen molar-refractivity contribution in [2.45, 2.75) is 19.9 Å². The average Bonchev–Trinajstić information content (AvgIpc) is 2.67. The van der Waals surface area contributed by atoms with Gasteiger partial charge in [-0.25, -0.2) is 4.79 Å². The van der Waals surface area contributed by atoms with Gasteiger partial charge in [-0.05, 0) is 36.2 Å². The third-order valence-corrected chi connectivity index (χ3v) is 4.11. The lowest BCUT2D eigenvalue weighted by Crippen LogP contribution is -2.34. The minimum absolute atomic E-state index is 0.0331. The fourth-order valence-corrected chi connectivity index (χ4v) is 2.81. The smallest absolute Gasteiger partial charge is 0.349 e. The lowest BCUT2D eigenvalue weighted by atomic mass is 10.1. The molecule has 0 saturated heterocycles. The van der Waals surface area contributed by atoms with Crippen molar-refractivity contribution in [2.24, 2.45) is 0 Å². The summed E-state index contributed by atoms with van der Waals surface area (Å²) < 4.78 is 5.28. The second kappa shape index (κ2) is 7.66. The Labute approximate surface area is 151 Å². The lowest BCUT2D eigenvalue weighted by molar-refractivity contribution is 0.0739. The van der Waals surface area contributed by atoms with E-state index in [1.165, 1.54) is 0 Å². The third kappa shape index (κ3) is 3.65. The van der Waals surface area contributed by atoms with Crippen molar-refractivity contribution >= 4 is 16.9 Å². The summed E-state index contributed by atoms with van der Waals surface area (Å²) in [5, 5.41) is 9.60. The van der Waals surface area contributed by atoms with Gasteiger partial charge in [0.25, 0.3) is 5.91 Å². The standard InChI is InChI=1S/C21H18N2O3/c1-2-11-23(14-16-9-7-15(13-22)8-10-16)20(24)18-12-17-5-3-4-6-19(17)26-21(18)25/h3-10,12H,2,11,14H2,1H3. The van der Waals surface area contributed by atoms with Gasteiger partial charge < -0.3 is 9.32 Å². The number of carbonyl (C=O) groups is 1. The molecule has 1 amide bonds. The zero-order chi connectivity index (χ0) is 18.5. The van der Waals surface area contributed by atoms with Crippen LogP contribution < -0.4 is 5.63 Å². The van der Waals surface area contributed by atoms with Crippen molar-refractivity contribution in [2.75, 3.05) is 6.54 Å². The molecule has 0 aliphatic carbocycles. The molecule has 0 fully saturated rings. The number of nitrogens with zero attached hydrogens (tertiary/aromatic N) is 2. The number of amides is 1. The van der Waals surface area contributed by atoms with Crippen LogP contribution in [0.4, 0.5) is 0 Å². The topological polar surface area (TPSA) is 74.3 Å². The number of hydrogen-bond acceptors (Lipinski definition) is 4. The molecule has 130 valence electrons. The number of fused-ring (bicyclic) bond motifs is 1. The van der Waals surface area contributed by atoms with Crippen LogP contribution in [0.15, 0.2) is 63.8 Å². The van der Waals surface area contributed by atoms with E-state index >= 15 is 0 Å². The zero-order valence-corrected chi connectivity index (χ0v) is 14.4. The van der Waals surface area contributed by atoms with Crippen LogP contribution in [0.5, 0.6) is 0 Å². The molecule has 0 unspecified atom stereocenters. The van der Waals surface area contributed by atoms with E-state index in [1.807, 2.05) is 25.1 Å². The number of para-hydroxylation sites is 1. The molecule has 0 aliphatic rings. The van der Waals surface area contributed by atoms with E-state index in [2.05, 4.69) is 6.07 Å². The van der Waals surface area contributed by atoms with Crippen LogP contribution in [0.1, 0.15) is 34.8 Å². The van der Waals surface area contributed by atoms with E-state index in [1.54, 1.807) is 41.3 Å². The Kier molecular flexibility index (Phi) is 5.14. The minimum atomic E-state index is -0.630. The highest BCUT2D eigenvalue weighted by Crippen LogP contribution is 2.15. The first kappa shape index (κ1) is 17.4. The highest BCUT2D eigenvalue weighted by molar-refractivity contribution is 5.96. The van der Waals surface area contributed by atoms with Crippen LogP contribution in [0.3, 0.4) is 0 Å². The maximum Gasteiger partial charge on any atom is 0.349 e. The molecule has 0 saturated carbocycles. The van der Waals surface area contributed by atoms with E-state index < -0.39 is 5.63 Å². The van der Waals surface area contributed by atoms with Gasteiger partial charge in [0.1, 0.15) is 11.1 Å². The van der Waals surface area contributed by atoms with Crippen molar-refractivity contribution in [3.8, 4) is 6.07 Å². The van der Waals surface area contributed by atoms with Crippen molar-refractivity contribution in [3.05, 3.63) is 81.7 Å². The van der Waals surface area contributed by atoms with E-state index in [9.17, 15) is 9.59 Å². The van der Waals surface area contributed by atoms with Gasteiger partial charge >= 0.3 is 5.63 Å². The number of carbonyl (C=O) groups excluding carboxylic acids is 1. The van der Waals surface area contributed by atoms with Crippen molar-refractivity contribution < 1.29 is 9.21 Å². The van der Waals surface area contributed by atoms with Crippen LogP contribution in [-0.2, 0) is 6.54 Å². The van der Waals surface area contributed by atoms with Crippen LogP contribution in [0.2, 0.25) is 0 Å². The molecule has 0 radical (unpaired) electrons. The van der Waals surface area contributed by atoms with Crippen molar-refractivity contribution in [3.63, 3.8) is 0 Å². The summed E-state index contributed by atoms with van der Waals surface area (Å²) in [6.07, 6.45) is 0.765. The number of benzene rings is 2. The van der Waals surface area contributed by atoms with Gasteiger partial charge in [-0.3, -0.25) is 4.79 Å². The molecule has 0 aliphatic heterocycles. The predicted molar refractivity (Wildman–Crippen MR) is 98.7 cm³/mol. The van der Waals surface area contributed by atoms with Crippen LogP contribution >= 0.6 is 0 Å². The predicted octanol–water partition coefficient (Wildman–Crippen LogP) is 3.72. The molecule has 3 rings (SSSR count). The van der Waals surface area contributed by atoms with Gasteiger partial charge in [-0.15, -0.1) is 0 Å². The SMILES string of the molecule is CCCN(Cc1ccc(C#N)cc1)C(=O)c1cc2ccccc2oc1=O. The summed E-state index contributed by atoms with van der Waals surface area (Å²) >= 11 is 0. The Balaban J connectivity index is 1.92. The fraction of sp³-hybridized carbons (Fsp3) is 0.190. The summed E-state index contributed by atoms with van der Waals surface area (Å²) in [5.74, 6) is -0.351. The highest BCUT2D eigenvalue weighted by atomic mass is 16.4. The molecule has 3 aromatic rings. The molecule has 0 bridgehead atoms. The number of rotatable bonds is 5. The molecule has 0 atom stereocenters. The summed E-state index contributed by atoms with van der Waals surface area (Å²) in [5.41, 5.74) is 1.33. The van der Waals surface area contributed by atoms with Gasteiger partial charge in [-0.2, -0.15) is 5.26 Å². The summed E-state index contributed by atoms with van der Waals surface area (Å²) in [4.78, 5) is 26.8. The highest BCUT2D eigenvalue weighted by Gasteiger charge is 2.20. The fourth-order valence-electron chi connectivity index (χ4n) is 2.81. The largest absolute Gasteiger partial charge is 0.422 e. The molecule has 26 heavy (non-hydrogen) atoms. The van der Waals surface area contributed by atoms with Crippen LogP contribution in [0, 0.1) is 11.3 Å². The molecular weight excluding hydrogens is 328 g/mol. The van der Waals surface area contributed by atoms with Gasteiger partial charge in [-0.1, -0.05) is 37.3 Å². The second-order valence-corrected chi connectivity index (χ2v) is 6.02. The monoisotopic (exact) mass is 346 g/mol. The molecule has 0 spiro atoms. The molecule has 2 aromatic carbocycles. The number of nitriles is 1. The summed E-state index contributed by atoms with van der Waals surface area (Å²) in [7, 11) is 0. The van der Waals surface area contributed by atoms with E-state index in [0.717, 1.165) is 12.0 Å². The molecular formula is C21H18N2O3. The lowest BCUT2D eigenvalue weighted by Gasteiger charge is -2.22. The molecule has 1 heterocycles. The zero-order valence-electron chi connectivity index (χ0n) is 14.4. The summed E-state index contributed by atoms with van der Waals surface area (Å²) in [6.45, 7) is 2.86. The minimum Gasteiger partial charge on any atom is -0.422 e. The van der Waals surface area contributed by atoms with E-state index in [4.69, 9.17) is 9.68 Å². The maximum absolute atomic E-state index is 12.9. The Hall–Kier alpha value is -3.39. The number of hydrogen-bond donors (Lipinski definition) is 0. The van der Waals surface area contributed by atoms with Gasteiger partial charge in [0.2, 0.25) is 0 Å². The quantitative estimate of drug-likeness (QED) is 0.660. The molecule has 5 nitrogen and oxygen atoms in total. The Morgan fingerprint density at radius 3 is 2.58 bits per heavy atom. The molecule has 0 N–H and O–H groups in total. The normalized spacial score (nSPS) is 10.5.